The maximum Gasteiger partial charge on any atom is -0.00172 e. The van der Waals surface area contributed by atoms with E-state index in [1.165, 1.54) is 0 Å². The molecule has 1 unspecified atom stereocenters. The minimum absolute atomic E-state index is 0. The van der Waals surface area contributed by atoms with Gasteiger partial charge in [-0.2, -0.15) is 0 Å². The molecule has 1 atom stereocenters. The van der Waals surface area contributed by atoms with Crippen LogP contribution >= 0.6 is 21.6 Å². The fraction of sp³-hybridized carbons (Fsp3) is 1.00. The number of nitrogens with one attached hydrogen (secondary N) is 1. The molecule has 0 fully saturated rings. The Balaban J connectivity index is -0.0000000273. The van der Waals surface area contributed by atoms with E-state index in [-0.39, 0.29) is 12.4 Å². The Morgan fingerprint density at radius 2 is 1.20 bits per heavy atom. The Hall–Kier alpha value is 0.600. The second-order valence-corrected chi connectivity index (χ2v) is 1.63. The lowest BCUT2D eigenvalue weighted by molar-refractivity contribution is 0.505. The van der Waals surface area contributed by atoms with Gasteiger partial charge in [0.05, 0.1) is 0 Å². The molecule has 0 aromatic rings. The maximum absolute atomic E-state index is 4.60. The Kier molecular flexibility index (Phi) is 75.3. The molecule has 0 radical (unpaired) electrons. The smallest absolute Gasteiger partial charge is 0.00172 e. The quantitative estimate of drug-likeness (QED) is 0.324. The molecule has 0 aromatic carbocycles. The van der Waals surface area contributed by atoms with Crippen LogP contribution in [0.25, 0.3) is 0 Å². The summed E-state index contributed by atoms with van der Waals surface area (Å²) < 4.78 is 0. The molecular weight excluding hydrogens is 169 g/mol. The predicted octanol–water partition coefficient (Wildman–Crippen LogP) is 0.170. The van der Waals surface area contributed by atoms with E-state index in [1.807, 2.05) is 32.7 Å². The first-order valence-electron chi connectivity index (χ1n) is 2.71. The van der Waals surface area contributed by atoms with Crippen molar-refractivity contribution < 1.29 is 0 Å². The van der Waals surface area contributed by atoms with Crippen molar-refractivity contribution in [3.8, 4) is 0 Å². The van der Waals surface area contributed by atoms with E-state index in [1.54, 1.807) is 7.05 Å². The van der Waals surface area contributed by atoms with Gasteiger partial charge in [-0.05, 0) is 28.2 Å². The second-order valence-electron chi connectivity index (χ2n) is 1.63. The molecule has 0 aromatic heterocycles. The van der Waals surface area contributed by atoms with Gasteiger partial charge in [0.15, 0.2) is 0 Å². The van der Waals surface area contributed by atoms with Crippen molar-refractivity contribution in [1.82, 2.24) is 10.3 Å². The van der Waals surface area contributed by atoms with Crippen LogP contribution in [0.15, 0.2) is 0 Å². The normalized spacial score (nSPS) is 6.00. The number of hydrogen-bond donors (Lipinski definition) is 2. The molecule has 0 bridgehead atoms. The summed E-state index contributed by atoms with van der Waals surface area (Å²) in [5.74, 6) is 4.60. The summed E-state index contributed by atoms with van der Waals surface area (Å²) in [6.07, 6.45) is 0. The van der Waals surface area contributed by atoms with Crippen molar-refractivity contribution in [3.05, 3.63) is 0 Å². The molecule has 0 amide bonds. The summed E-state index contributed by atoms with van der Waals surface area (Å²) in [6.45, 7) is 1.92. The highest BCUT2D eigenvalue weighted by Crippen LogP contribution is 1.47. The van der Waals surface area contributed by atoms with E-state index in [4.69, 9.17) is 0 Å². The van der Waals surface area contributed by atoms with E-state index in [2.05, 4.69) is 20.5 Å². The largest absolute Gasteiger partial charge is 0.312 e. The van der Waals surface area contributed by atoms with E-state index in [9.17, 15) is 0 Å². The van der Waals surface area contributed by atoms with Crippen LogP contribution in [0.5, 0.6) is 0 Å². The Bertz CT molecular complexity index is 28.1. The zero-order valence-electron chi connectivity index (χ0n) is 7.51. The lowest BCUT2D eigenvalue weighted by atomic mass is 11.0. The van der Waals surface area contributed by atoms with Crippen molar-refractivity contribution in [3.63, 3.8) is 0 Å². The summed E-state index contributed by atoms with van der Waals surface area (Å²) in [7, 11) is 10.1. The standard InChI is InChI=1S/C3H9N.CH6N2.CH5P.ClH/c1-4(2)3;1-3-2;1-2;/h1-3H3;3H,2H2,1H3;2H2,1H3;1H. The van der Waals surface area contributed by atoms with Crippen molar-refractivity contribution >= 4 is 21.6 Å². The number of hydrazine groups is 1. The highest BCUT2D eigenvalue weighted by molar-refractivity contribution is 7.15. The summed E-state index contributed by atoms with van der Waals surface area (Å²) in [5, 5.41) is 0. The molecule has 0 spiro atoms. The first-order chi connectivity index (χ1) is 4.15. The third kappa shape index (κ3) is 1380. The summed E-state index contributed by atoms with van der Waals surface area (Å²) in [4.78, 5) is 2.00. The van der Waals surface area contributed by atoms with Crippen LogP contribution in [-0.2, 0) is 0 Å². The fourth-order valence-corrected chi connectivity index (χ4v) is 0. The van der Waals surface area contributed by atoms with Gasteiger partial charge in [-0.3, -0.25) is 11.3 Å². The van der Waals surface area contributed by atoms with Gasteiger partial charge in [-0.1, -0.05) is 6.66 Å². The Morgan fingerprint density at radius 1 is 1.20 bits per heavy atom. The van der Waals surface area contributed by atoms with Crippen LogP contribution in [0.1, 0.15) is 0 Å². The van der Waals surface area contributed by atoms with E-state index in [0.717, 1.165) is 0 Å². The molecule has 0 saturated carbocycles. The van der Waals surface area contributed by atoms with Crippen molar-refractivity contribution in [2.24, 2.45) is 5.84 Å². The predicted molar refractivity (Wildman–Crippen MR) is 55.7 cm³/mol. The topological polar surface area (TPSA) is 41.3 Å². The first-order valence-corrected chi connectivity index (χ1v) is 3.86. The molecule has 5 heteroatoms. The third-order valence-corrected chi connectivity index (χ3v) is 0. The minimum atomic E-state index is 0. The molecule has 0 aliphatic rings. The van der Waals surface area contributed by atoms with Crippen molar-refractivity contribution in [2.45, 2.75) is 0 Å². The SMILES string of the molecule is CN(C)C.CNN.CP.Cl. The van der Waals surface area contributed by atoms with Gasteiger partial charge in [-0.25, -0.2) is 0 Å². The fourth-order valence-electron chi connectivity index (χ4n) is 0. The molecule has 0 aliphatic carbocycles. The summed E-state index contributed by atoms with van der Waals surface area (Å²) >= 11 is 0. The van der Waals surface area contributed by atoms with Crippen LogP contribution < -0.4 is 11.3 Å². The van der Waals surface area contributed by atoms with Crippen LogP contribution in [0.2, 0.25) is 0 Å². The molecule has 0 saturated heterocycles. The van der Waals surface area contributed by atoms with Crippen molar-refractivity contribution in [2.75, 3.05) is 34.9 Å². The molecular formula is C5H21ClN3P. The van der Waals surface area contributed by atoms with E-state index in [0.29, 0.717) is 0 Å². The average molecular weight is 190 g/mol. The van der Waals surface area contributed by atoms with Gasteiger partial charge >= 0.3 is 0 Å². The second kappa shape index (κ2) is 33.6. The van der Waals surface area contributed by atoms with Gasteiger partial charge in [0, 0.05) is 0 Å². The lowest BCUT2D eigenvalue weighted by Gasteiger charge is -1.90. The molecule has 0 rings (SSSR count). The zero-order valence-corrected chi connectivity index (χ0v) is 9.48. The van der Waals surface area contributed by atoms with Gasteiger partial charge in [0.1, 0.15) is 0 Å². The number of nitrogens with two attached hydrogens (primary N) is 1. The van der Waals surface area contributed by atoms with Crippen LogP contribution in [-0.4, -0.2) is 39.8 Å². The Labute approximate surface area is 73.3 Å². The average Bonchev–Trinajstić information content (AvgIpc) is 1.71. The van der Waals surface area contributed by atoms with Gasteiger partial charge in [0.2, 0.25) is 0 Å². The van der Waals surface area contributed by atoms with Gasteiger partial charge in [-0.15, -0.1) is 21.6 Å². The maximum atomic E-state index is 4.60. The molecule has 3 N–H and O–H groups in total. The molecule has 68 valence electrons. The Morgan fingerprint density at radius 3 is 1.20 bits per heavy atom. The molecule has 3 nitrogen and oxygen atoms in total. The number of hydrogen-bond acceptors (Lipinski definition) is 3. The van der Waals surface area contributed by atoms with E-state index >= 15 is 0 Å². The monoisotopic (exact) mass is 189 g/mol. The van der Waals surface area contributed by atoms with Crippen LogP contribution in [0, 0.1) is 0 Å². The van der Waals surface area contributed by atoms with Gasteiger partial charge in [0.25, 0.3) is 0 Å². The molecule has 10 heavy (non-hydrogen) atoms. The lowest BCUT2D eigenvalue weighted by Crippen LogP contribution is -2.13. The highest BCUT2D eigenvalue weighted by atomic mass is 35.5. The first kappa shape index (κ1) is 22.4. The number of rotatable bonds is 0. The minimum Gasteiger partial charge on any atom is -0.312 e. The third-order valence-electron chi connectivity index (χ3n) is 0. The summed E-state index contributed by atoms with van der Waals surface area (Å²) in [5.41, 5.74) is 2.25. The highest BCUT2D eigenvalue weighted by Gasteiger charge is 1.58. The molecule has 0 aliphatic heterocycles. The van der Waals surface area contributed by atoms with Gasteiger partial charge < -0.3 is 4.90 Å². The van der Waals surface area contributed by atoms with Crippen LogP contribution in [0.3, 0.4) is 0 Å². The number of halogens is 1. The summed E-state index contributed by atoms with van der Waals surface area (Å²) in [6, 6.07) is 0. The number of nitrogens with zero attached hydrogens (tertiary/aromatic N) is 1. The zero-order chi connectivity index (χ0) is 8.28. The molecule has 0 heterocycles. The van der Waals surface area contributed by atoms with Crippen molar-refractivity contribution in [1.29, 1.82) is 0 Å². The van der Waals surface area contributed by atoms with E-state index < -0.39 is 0 Å². The van der Waals surface area contributed by atoms with Crippen LogP contribution in [0.4, 0.5) is 0 Å².